The van der Waals surface area contributed by atoms with Crippen molar-refractivity contribution in [2.75, 3.05) is 13.1 Å². The zero-order chi connectivity index (χ0) is 12.6. The van der Waals surface area contributed by atoms with E-state index >= 15 is 0 Å². The fraction of sp³-hybridized carbons (Fsp3) is 1.00. The maximum absolute atomic E-state index is 3.66. The highest BCUT2D eigenvalue weighted by atomic mass is 14.9. The average molecular weight is 227 g/mol. The minimum atomic E-state index is 0.532. The Hall–Kier alpha value is -0.0400. The zero-order valence-corrected chi connectivity index (χ0v) is 12.4. The normalized spacial score (nSPS) is 14.4. The molecule has 98 valence electrons. The van der Waals surface area contributed by atoms with Gasteiger partial charge in [0.25, 0.3) is 0 Å². The summed E-state index contributed by atoms with van der Waals surface area (Å²) >= 11 is 0. The topological polar surface area (TPSA) is 12.0 Å². The molecule has 0 heterocycles. The molecular formula is C15H33N. The molecular weight excluding hydrogens is 194 g/mol. The minimum Gasteiger partial charge on any atom is -0.316 e. The quantitative estimate of drug-likeness (QED) is 0.612. The molecule has 1 atom stereocenters. The summed E-state index contributed by atoms with van der Waals surface area (Å²) in [6, 6.07) is 0. The molecule has 0 fully saturated rings. The minimum absolute atomic E-state index is 0.532. The second-order valence-corrected chi connectivity index (χ2v) is 5.95. The molecule has 0 saturated heterocycles. The van der Waals surface area contributed by atoms with Gasteiger partial charge in [-0.15, -0.1) is 0 Å². The third-order valence-electron chi connectivity index (χ3n) is 4.03. The maximum atomic E-state index is 3.66. The predicted molar refractivity (Wildman–Crippen MR) is 74.8 cm³/mol. The maximum Gasteiger partial charge on any atom is 0.000781 e. The van der Waals surface area contributed by atoms with E-state index < -0.39 is 0 Å². The van der Waals surface area contributed by atoms with Gasteiger partial charge >= 0.3 is 0 Å². The van der Waals surface area contributed by atoms with Gasteiger partial charge in [-0.05, 0) is 43.1 Å². The molecule has 0 aromatic rings. The average Bonchev–Trinajstić information content (AvgIpc) is 2.27. The summed E-state index contributed by atoms with van der Waals surface area (Å²) < 4.78 is 0. The van der Waals surface area contributed by atoms with E-state index in [-0.39, 0.29) is 0 Å². The predicted octanol–water partition coefficient (Wildman–Crippen LogP) is 4.47. The van der Waals surface area contributed by atoms with Crippen LogP contribution in [-0.2, 0) is 0 Å². The Kier molecular flexibility index (Phi) is 8.09. The van der Waals surface area contributed by atoms with Crippen molar-refractivity contribution in [2.45, 2.75) is 67.2 Å². The first kappa shape index (κ1) is 16.0. The molecule has 1 N–H and O–H groups in total. The van der Waals surface area contributed by atoms with Gasteiger partial charge < -0.3 is 5.32 Å². The molecule has 0 aliphatic rings. The van der Waals surface area contributed by atoms with Crippen molar-refractivity contribution in [3.8, 4) is 0 Å². The van der Waals surface area contributed by atoms with E-state index in [2.05, 4.69) is 46.9 Å². The number of hydrogen-bond donors (Lipinski definition) is 1. The van der Waals surface area contributed by atoms with Gasteiger partial charge in [0.1, 0.15) is 0 Å². The van der Waals surface area contributed by atoms with Crippen molar-refractivity contribution in [2.24, 2.45) is 17.3 Å². The summed E-state index contributed by atoms with van der Waals surface area (Å²) in [5, 5.41) is 3.66. The van der Waals surface area contributed by atoms with Gasteiger partial charge in [-0.2, -0.15) is 0 Å². The number of hydrogen-bond acceptors (Lipinski definition) is 1. The van der Waals surface area contributed by atoms with E-state index in [9.17, 15) is 0 Å². The third kappa shape index (κ3) is 5.89. The Labute approximate surface area is 103 Å². The largest absolute Gasteiger partial charge is 0.316 e. The van der Waals surface area contributed by atoms with Gasteiger partial charge in [-0.25, -0.2) is 0 Å². The molecule has 0 aromatic heterocycles. The van der Waals surface area contributed by atoms with Crippen LogP contribution in [0.1, 0.15) is 67.2 Å². The summed E-state index contributed by atoms with van der Waals surface area (Å²) in [6.07, 6.45) is 5.30. The second-order valence-electron chi connectivity index (χ2n) is 5.95. The molecule has 0 saturated carbocycles. The van der Waals surface area contributed by atoms with Crippen LogP contribution in [-0.4, -0.2) is 13.1 Å². The lowest BCUT2D eigenvalue weighted by molar-refractivity contribution is 0.188. The first-order chi connectivity index (χ1) is 7.49. The van der Waals surface area contributed by atoms with Crippen molar-refractivity contribution in [1.29, 1.82) is 0 Å². The first-order valence-corrected chi connectivity index (χ1v) is 7.20. The summed E-state index contributed by atoms with van der Waals surface area (Å²) in [5.41, 5.74) is 0.532. The Morgan fingerprint density at radius 3 is 1.94 bits per heavy atom. The molecule has 0 spiro atoms. The lowest BCUT2D eigenvalue weighted by Gasteiger charge is -2.35. The van der Waals surface area contributed by atoms with Crippen LogP contribution in [0, 0.1) is 17.3 Å². The number of nitrogens with one attached hydrogen (secondary N) is 1. The lowest BCUT2D eigenvalue weighted by atomic mass is 9.74. The molecule has 0 aromatic carbocycles. The molecule has 1 unspecified atom stereocenters. The SMILES string of the molecule is CCC(C)CC(CC)(CC)CNCC(C)C. The van der Waals surface area contributed by atoms with E-state index in [4.69, 9.17) is 0 Å². The molecule has 1 heteroatoms. The van der Waals surface area contributed by atoms with Gasteiger partial charge in [0.05, 0.1) is 0 Å². The van der Waals surface area contributed by atoms with Crippen LogP contribution in [0.2, 0.25) is 0 Å². The molecule has 1 nitrogen and oxygen atoms in total. The van der Waals surface area contributed by atoms with E-state index in [1.54, 1.807) is 0 Å². The van der Waals surface area contributed by atoms with E-state index in [0.717, 1.165) is 18.4 Å². The van der Waals surface area contributed by atoms with E-state index in [0.29, 0.717) is 5.41 Å². The Morgan fingerprint density at radius 2 is 1.56 bits per heavy atom. The first-order valence-electron chi connectivity index (χ1n) is 7.20. The van der Waals surface area contributed by atoms with Gasteiger partial charge in [0, 0.05) is 6.54 Å². The highest BCUT2D eigenvalue weighted by Gasteiger charge is 2.27. The molecule has 0 aliphatic heterocycles. The van der Waals surface area contributed by atoms with Crippen molar-refractivity contribution >= 4 is 0 Å². The highest BCUT2D eigenvalue weighted by Crippen LogP contribution is 2.34. The third-order valence-corrected chi connectivity index (χ3v) is 4.03. The van der Waals surface area contributed by atoms with E-state index in [1.807, 2.05) is 0 Å². The molecule has 0 radical (unpaired) electrons. The lowest BCUT2D eigenvalue weighted by Crippen LogP contribution is -2.36. The van der Waals surface area contributed by atoms with Gasteiger partial charge in [-0.1, -0.05) is 48.0 Å². The summed E-state index contributed by atoms with van der Waals surface area (Å²) in [6.45, 7) is 16.3. The summed E-state index contributed by atoms with van der Waals surface area (Å²) in [7, 11) is 0. The standard InChI is InChI=1S/C15H33N/c1-7-14(6)10-15(8-2,9-3)12-16-11-13(4)5/h13-14,16H,7-12H2,1-6H3. The summed E-state index contributed by atoms with van der Waals surface area (Å²) in [4.78, 5) is 0. The smallest absolute Gasteiger partial charge is 0.000781 e. The second kappa shape index (κ2) is 8.11. The van der Waals surface area contributed by atoms with Crippen LogP contribution in [0.5, 0.6) is 0 Å². The Balaban J connectivity index is 4.20. The van der Waals surface area contributed by atoms with Crippen molar-refractivity contribution < 1.29 is 0 Å². The molecule has 0 amide bonds. The zero-order valence-electron chi connectivity index (χ0n) is 12.4. The molecule has 16 heavy (non-hydrogen) atoms. The van der Waals surface area contributed by atoms with Crippen LogP contribution >= 0.6 is 0 Å². The Morgan fingerprint density at radius 1 is 1.00 bits per heavy atom. The van der Waals surface area contributed by atoms with Crippen LogP contribution in [0.15, 0.2) is 0 Å². The van der Waals surface area contributed by atoms with Gasteiger partial charge in [-0.3, -0.25) is 0 Å². The van der Waals surface area contributed by atoms with Crippen LogP contribution in [0.25, 0.3) is 0 Å². The molecule has 0 rings (SSSR count). The monoisotopic (exact) mass is 227 g/mol. The van der Waals surface area contributed by atoms with Crippen LogP contribution in [0.3, 0.4) is 0 Å². The van der Waals surface area contributed by atoms with E-state index in [1.165, 1.54) is 32.2 Å². The number of rotatable bonds is 9. The highest BCUT2D eigenvalue weighted by molar-refractivity contribution is 4.81. The fourth-order valence-corrected chi connectivity index (χ4v) is 2.37. The molecule has 0 bridgehead atoms. The summed E-state index contributed by atoms with van der Waals surface area (Å²) in [5.74, 6) is 1.62. The van der Waals surface area contributed by atoms with Gasteiger partial charge in [0.2, 0.25) is 0 Å². The van der Waals surface area contributed by atoms with Crippen molar-refractivity contribution in [1.82, 2.24) is 5.32 Å². The van der Waals surface area contributed by atoms with Crippen LogP contribution < -0.4 is 5.32 Å². The molecule has 0 aliphatic carbocycles. The Bertz CT molecular complexity index is 159. The van der Waals surface area contributed by atoms with Crippen molar-refractivity contribution in [3.05, 3.63) is 0 Å². The van der Waals surface area contributed by atoms with Gasteiger partial charge in [0.15, 0.2) is 0 Å². The van der Waals surface area contributed by atoms with Crippen LogP contribution in [0.4, 0.5) is 0 Å². The van der Waals surface area contributed by atoms with Crippen molar-refractivity contribution in [3.63, 3.8) is 0 Å². The fourth-order valence-electron chi connectivity index (χ4n) is 2.37.